The molecule has 2 aliphatic rings. The highest BCUT2D eigenvalue weighted by atomic mass is 16.3. The van der Waals surface area contributed by atoms with Crippen LogP contribution < -0.4 is 0 Å². The Morgan fingerprint density at radius 1 is 1.00 bits per heavy atom. The average molecular weight is 225 g/mol. The van der Waals surface area contributed by atoms with Crippen LogP contribution in [0.15, 0.2) is 0 Å². The number of piperidine rings is 1. The molecule has 0 radical (unpaired) electrons. The second kappa shape index (κ2) is 5.67. The maximum Gasteiger partial charge on any atom is 0.209 e. The molecule has 1 saturated heterocycles. The molecule has 1 aliphatic carbocycles. The maximum atomic E-state index is 10.6. The van der Waals surface area contributed by atoms with Crippen LogP contribution in [0.25, 0.3) is 0 Å². The summed E-state index contributed by atoms with van der Waals surface area (Å²) in [5.74, 6) is 0.959. The molecular weight excluding hydrogens is 202 g/mol. The molecular formula is C13H23NO2. The molecule has 1 heterocycles. The van der Waals surface area contributed by atoms with Gasteiger partial charge in [-0.3, -0.25) is 4.79 Å². The minimum atomic E-state index is -0.117. The first-order valence-electron chi connectivity index (χ1n) is 6.68. The van der Waals surface area contributed by atoms with Crippen molar-refractivity contribution in [1.82, 2.24) is 4.90 Å². The van der Waals surface area contributed by atoms with Gasteiger partial charge in [-0.2, -0.15) is 0 Å². The molecule has 0 aromatic rings. The lowest BCUT2D eigenvalue weighted by atomic mass is 9.77. The molecule has 0 bridgehead atoms. The van der Waals surface area contributed by atoms with Crippen LogP contribution in [0.5, 0.6) is 0 Å². The van der Waals surface area contributed by atoms with Crippen molar-refractivity contribution in [2.45, 2.75) is 51.0 Å². The van der Waals surface area contributed by atoms with E-state index in [4.69, 9.17) is 0 Å². The highest BCUT2D eigenvalue weighted by Crippen LogP contribution is 2.33. The van der Waals surface area contributed by atoms with E-state index in [-0.39, 0.29) is 6.10 Å². The van der Waals surface area contributed by atoms with E-state index in [2.05, 4.69) is 0 Å². The zero-order valence-corrected chi connectivity index (χ0v) is 9.98. The van der Waals surface area contributed by atoms with Crippen molar-refractivity contribution in [2.75, 3.05) is 13.1 Å². The summed E-state index contributed by atoms with van der Waals surface area (Å²) in [5, 5.41) is 10.4. The summed E-state index contributed by atoms with van der Waals surface area (Å²) in [7, 11) is 0. The minimum Gasteiger partial charge on any atom is -0.393 e. The molecule has 0 aromatic carbocycles. The van der Waals surface area contributed by atoms with Gasteiger partial charge >= 0.3 is 0 Å². The Kier molecular flexibility index (Phi) is 4.22. The van der Waals surface area contributed by atoms with Crippen molar-refractivity contribution >= 4 is 6.41 Å². The molecule has 3 nitrogen and oxygen atoms in total. The van der Waals surface area contributed by atoms with Gasteiger partial charge in [0.05, 0.1) is 6.10 Å². The zero-order chi connectivity index (χ0) is 11.4. The Labute approximate surface area is 97.8 Å². The third-order valence-electron chi connectivity index (χ3n) is 4.34. The van der Waals surface area contributed by atoms with Crippen molar-refractivity contribution in [1.29, 1.82) is 0 Å². The van der Waals surface area contributed by atoms with Crippen molar-refractivity contribution in [3.8, 4) is 0 Å². The van der Waals surface area contributed by atoms with E-state index in [9.17, 15) is 9.90 Å². The number of hydrogen-bond donors (Lipinski definition) is 1. The second-order valence-electron chi connectivity index (χ2n) is 5.37. The number of hydrogen-bond acceptors (Lipinski definition) is 2. The highest BCUT2D eigenvalue weighted by Gasteiger charge is 2.30. The highest BCUT2D eigenvalue weighted by molar-refractivity contribution is 5.47. The molecule has 1 atom stereocenters. The van der Waals surface area contributed by atoms with E-state index >= 15 is 0 Å². The maximum absolute atomic E-state index is 10.6. The van der Waals surface area contributed by atoms with Crippen LogP contribution in [0.3, 0.4) is 0 Å². The Morgan fingerprint density at radius 3 is 2.12 bits per heavy atom. The van der Waals surface area contributed by atoms with Crippen LogP contribution in [-0.4, -0.2) is 35.6 Å². The van der Waals surface area contributed by atoms with E-state index in [1.165, 1.54) is 32.1 Å². The fourth-order valence-corrected chi connectivity index (χ4v) is 3.23. The van der Waals surface area contributed by atoms with Gasteiger partial charge in [-0.25, -0.2) is 0 Å². The summed E-state index contributed by atoms with van der Waals surface area (Å²) >= 11 is 0. The first-order valence-corrected chi connectivity index (χ1v) is 6.68. The van der Waals surface area contributed by atoms with E-state index in [1.807, 2.05) is 4.90 Å². The molecule has 1 saturated carbocycles. The Hall–Kier alpha value is -0.570. The predicted octanol–water partition coefficient (Wildman–Crippen LogP) is 1.80. The number of nitrogens with zero attached hydrogens (tertiary/aromatic N) is 1. The molecule has 2 rings (SSSR count). The van der Waals surface area contributed by atoms with Crippen molar-refractivity contribution in [3.05, 3.63) is 0 Å². The lowest BCUT2D eigenvalue weighted by molar-refractivity contribution is -0.120. The summed E-state index contributed by atoms with van der Waals surface area (Å²) in [4.78, 5) is 12.4. The van der Waals surface area contributed by atoms with Crippen LogP contribution >= 0.6 is 0 Å². The van der Waals surface area contributed by atoms with Crippen LogP contribution in [0.1, 0.15) is 44.9 Å². The van der Waals surface area contributed by atoms with Gasteiger partial charge in [0, 0.05) is 13.1 Å². The number of aliphatic hydroxyl groups excluding tert-OH is 1. The quantitative estimate of drug-likeness (QED) is 0.744. The molecule has 3 heteroatoms. The lowest BCUT2D eigenvalue weighted by Crippen LogP contribution is -2.40. The van der Waals surface area contributed by atoms with Crippen molar-refractivity contribution in [2.24, 2.45) is 11.8 Å². The summed E-state index contributed by atoms with van der Waals surface area (Å²) in [6, 6.07) is 0. The standard InChI is InChI=1S/C13H23NO2/c15-10-14-8-6-12(7-9-14)13(16)11-4-2-1-3-5-11/h10-13,16H,1-9H2. The van der Waals surface area contributed by atoms with Gasteiger partial charge in [0.1, 0.15) is 0 Å². The zero-order valence-electron chi connectivity index (χ0n) is 9.98. The van der Waals surface area contributed by atoms with E-state index in [0.717, 1.165) is 32.3 Å². The summed E-state index contributed by atoms with van der Waals surface area (Å²) in [6.45, 7) is 1.66. The smallest absolute Gasteiger partial charge is 0.209 e. The third-order valence-corrected chi connectivity index (χ3v) is 4.34. The van der Waals surface area contributed by atoms with Gasteiger partial charge in [0.25, 0.3) is 0 Å². The first-order chi connectivity index (χ1) is 7.81. The largest absolute Gasteiger partial charge is 0.393 e. The molecule has 1 amide bonds. The van der Waals surface area contributed by atoms with Crippen LogP contribution in [0, 0.1) is 11.8 Å². The van der Waals surface area contributed by atoms with Crippen LogP contribution in [-0.2, 0) is 4.79 Å². The molecule has 0 aromatic heterocycles. The fourth-order valence-electron chi connectivity index (χ4n) is 3.23. The SMILES string of the molecule is O=CN1CCC(C(O)C2CCCCC2)CC1. The van der Waals surface area contributed by atoms with E-state index in [0.29, 0.717) is 11.8 Å². The van der Waals surface area contributed by atoms with E-state index in [1.54, 1.807) is 0 Å². The molecule has 16 heavy (non-hydrogen) atoms. The van der Waals surface area contributed by atoms with Crippen molar-refractivity contribution < 1.29 is 9.90 Å². The molecule has 1 aliphatic heterocycles. The normalized spacial score (nSPS) is 26.7. The summed E-state index contributed by atoms with van der Waals surface area (Å²) in [6.07, 6.45) is 9.10. The lowest BCUT2D eigenvalue weighted by Gasteiger charge is -2.36. The second-order valence-corrected chi connectivity index (χ2v) is 5.37. The molecule has 1 unspecified atom stereocenters. The van der Waals surface area contributed by atoms with Gasteiger partial charge < -0.3 is 10.0 Å². The number of amides is 1. The topological polar surface area (TPSA) is 40.5 Å². The van der Waals surface area contributed by atoms with Gasteiger partial charge in [0.2, 0.25) is 6.41 Å². The monoisotopic (exact) mass is 225 g/mol. The Bertz CT molecular complexity index is 218. The van der Waals surface area contributed by atoms with Gasteiger partial charge in [0.15, 0.2) is 0 Å². The van der Waals surface area contributed by atoms with Crippen molar-refractivity contribution in [3.63, 3.8) is 0 Å². The number of rotatable bonds is 3. The average Bonchev–Trinajstić information content (AvgIpc) is 2.39. The summed E-state index contributed by atoms with van der Waals surface area (Å²) < 4.78 is 0. The number of carbonyl (C=O) groups excluding carboxylic acids is 1. The first kappa shape index (κ1) is 11.9. The number of likely N-dealkylation sites (tertiary alicyclic amines) is 1. The van der Waals surface area contributed by atoms with Crippen LogP contribution in [0.2, 0.25) is 0 Å². The minimum absolute atomic E-state index is 0.117. The predicted molar refractivity (Wildman–Crippen MR) is 62.9 cm³/mol. The number of aliphatic hydroxyl groups is 1. The molecule has 0 spiro atoms. The number of carbonyl (C=O) groups is 1. The molecule has 92 valence electrons. The third kappa shape index (κ3) is 2.76. The Morgan fingerprint density at radius 2 is 1.56 bits per heavy atom. The Balaban J connectivity index is 1.80. The van der Waals surface area contributed by atoms with E-state index < -0.39 is 0 Å². The van der Waals surface area contributed by atoms with Crippen LogP contribution in [0.4, 0.5) is 0 Å². The van der Waals surface area contributed by atoms with Gasteiger partial charge in [-0.05, 0) is 37.5 Å². The summed E-state index contributed by atoms with van der Waals surface area (Å²) in [5.41, 5.74) is 0. The van der Waals surface area contributed by atoms with Gasteiger partial charge in [-0.15, -0.1) is 0 Å². The van der Waals surface area contributed by atoms with Gasteiger partial charge in [-0.1, -0.05) is 19.3 Å². The molecule has 1 N–H and O–H groups in total. The molecule has 2 fully saturated rings. The fraction of sp³-hybridized carbons (Fsp3) is 0.923.